The molecule has 0 aromatic carbocycles. The lowest BCUT2D eigenvalue weighted by molar-refractivity contribution is -0.142. The fourth-order valence-electron chi connectivity index (χ4n) is 1.38. The first-order valence-corrected chi connectivity index (χ1v) is 6.62. The number of rotatable bonds is 7. The van der Waals surface area contributed by atoms with Crippen molar-refractivity contribution in [3.05, 3.63) is 29.5 Å². The number of carboxylic acid groups (broad SMARTS) is 1. The number of nitrogens with zero attached hydrogens (tertiary/aromatic N) is 1. The zero-order chi connectivity index (χ0) is 14.4. The van der Waals surface area contributed by atoms with E-state index in [1.165, 1.54) is 17.6 Å². The lowest BCUT2D eigenvalue weighted by atomic mass is 10.4. The second-order valence-corrected chi connectivity index (χ2v) is 4.58. The van der Waals surface area contributed by atoms with Gasteiger partial charge in [-0.1, -0.05) is 0 Å². The van der Waals surface area contributed by atoms with E-state index in [9.17, 15) is 9.59 Å². The Morgan fingerprint density at radius 3 is 3.05 bits per heavy atom. The van der Waals surface area contributed by atoms with Crippen LogP contribution in [0, 0.1) is 0 Å². The molecule has 7 nitrogen and oxygen atoms in total. The van der Waals surface area contributed by atoms with Gasteiger partial charge in [-0.25, -0.2) is 9.78 Å². The number of carboxylic acids is 1. The number of aliphatic carboxylic acids is 1. The Morgan fingerprint density at radius 2 is 2.35 bits per heavy atom. The van der Waals surface area contributed by atoms with Crippen LogP contribution in [-0.4, -0.2) is 41.7 Å². The number of thiazole rings is 1. The molecule has 106 valence electrons. The summed E-state index contributed by atoms with van der Waals surface area (Å²) in [6.07, 6.45) is 1.54. The van der Waals surface area contributed by atoms with Crippen LogP contribution in [0.4, 0.5) is 0 Å². The summed E-state index contributed by atoms with van der Waals surface area (Å²) in [7, 11) is 0. The van der Waals surface area contributed by atoms with Gasteiger partial charge >= 0.3 is 5.97 Å². The molecule has 0 saturated heterocycles. The van der Waals surface area contributed by atoms with Crippen LogP contribution in [0.15, 0.2) is 28.2 Å². The van der Waals surface area contributed by atoms with Crippen molar-refractivity contribution >= 4 is 23.2 Å². The Morgan fingerprint density at radius 1 is 1.50 bits per heavy atom. The standard InChI is InChI=1S/C12H12N2O5S/c15-10(16)6-18-5-3-13-11(17)8-7-20-12(14-8)9-2-1-4-19-9/h1-2,4,7H,3,5-6H2,(H,13,17)(H,15,16). The average molecular weight is 296 g/mol. The van der Waals surface area contributed by atoms with Crippen molar-refractivity contribution in [1.29, 1.82) is 0 Å². The molecular formula is C12H12N2O5S. The summed E-state index contributed by atoms with van der Waals surface area (Å²) in [6.45, 7) is -0.0256. The largest absolute Gasteiger partial charge is 0.480 e. The van der Waals surface area contributed by atoms with Crippen molar-refractivity contribution in [3.8, 4) is 10.8 Å². The summed E-state index contributed by atoms with van der Waals surface area (Å²) in [5.74, 6) is -0.768. The number of nitrogens with one attached hydrogen (secondary N) is 1. The monoisotopic (exact) mass is 296 g/mol. The van der Waals surface area contributed by atoms with Gasteiger partial charge in [0.2, 0.25) is 0 Å². The van der Waals surface area contributed by atoms with E-state index >= 15 is 0 Å². The summed E-state index contributed by atoms with van der Waals surface area (Å²) in [5.41, 5.74) is 0.291. The van der Waals surface area contributed by atoms with E-state index in [1.807, 2.05) is 0 Å². The third-order valence-electron chi connectivity index (χ3n) is 2.23. The first-order chi connectivity index (χ1) is 9.66. The highest BCUT2D eigenvalue weighted by Crippen LogP contribution is 2.23. The van der Waals surface area contributed by atoms with E-state index in [2.05, 4.69) is 10.3 Å². The molecular weight excluding hydrogens is 284 g/mol. The Balaban J connectivity index is 1.80. The lowest BCUT2D eigenvalue weighted by Crippen LogP contribution is -2.28. The number of furan rings is 1. The number of hydrogen-bond donors (Lipinski definition) is 2. The van der Waals surface area contributed by atoms with Crippen molar-refractivity contribution in [3.63, 3.8) is 0 Å². The molecule has 0 aliphatic carbocycles. The number of amides is 1. The van der Waals surface area contributed by atoms with Crippen LogP contribution in [-0.2, 0) is 9.53 Å². The number of carbonyl (C=O) groups excluding carboxylic acids is 1. The minimum Gasteiger partial charge on any atom is -0.480 e. The molecule has 2 N–H and O–H groups in total. The maximum atomic E-state index is 11.8. The molecule has 0 spiro atoms. The van der Waals surface area contributed by atoms with Crippen LogP contribution in [0.25, 0.3) is 10.8 Å². The molecule has 0 aliphatic rings. The third kappa shape index (κ3) is 3.90. The van der Waals surface area contributed by atoms with Gasteiger partial charge in [-0.05, 0) is 12.1 Å². The molecule has 2 aromatic rings. The maximum absolute atomic E-state index is 11.8. The minimum absolute atomic E-state index is 0.132. The van der Waals surface area contributed by atoms with Gasteiger partial charge in [-0.15, -0.1) is 11.3 Å². The molecule has 2 heterocycles. The zero-order valence-electron chi connectivity index (χ0n) is 10.4. The maximum Gasteiger partial charge on any atom is 0.329 e. The van der Waals surface area contributed by atoms with Gasteiger partial charge in [0.05, 0.1) is 12.9 Å². The Labute approximate surface area is 118 Å². The van der Waals surface area contributed by atoms with E-state index in [0.29, 0.717) is 16.5 Å². The van der Waals surface area contributed by atoms with Gasteiger partial charge in [-0.3, -0.25) is 4.79 Å². The summed E-state index contributed by atoms with van der Waals surface area (Å²) in [4.78, 5) is 26.1. The molecule has 0 bridgehead atoms. The smallest absolute Gasteiger partial charge is 0.329 e. The minimum atomic E-state index is -1.04. The molecule has 0 atom stereocenters. The molecule has 0 radical (unpaired) electrons. The zero-order valence-corrected chi connectivity index (χ0v) is 11.2. The fourth-order valence-corrected chi connectivity index (χ4v) is 2.14. The topological polar surface area (TPSA) is 102 Å². The number of ether oxygens (including phenoxy) is 1. The van der Waals surface area contributed by atoms with Crippen molar-refractivity contribution < 1.29 is 23.8 Å². The highest BCUT2D eigenvalue weighted by Gasteiger charge is 2.12. The molecule has 0 fully saturated rings. The van der Waals surface area contributed by atoms with Gasteiger partial charge in [0.25, 0.3) is 5.91 Å². The van der Waals surface area contributed by atoms with Crippen molar-refractivity contribution in [2.45, 2.75) is 0 Å². The second-order valence-electron chi connectivity index (χ2n) is 3.72. The fraction of sp³-hybridized carbons (Fsp3) is 0.250. The molecule has 2 rings (SSSR count). The van der Waals surface area contributed by atoms with Crippen molar-refractivity contribution in [1.82, 2.24) is 10.3 Å². The van der Waals surface area contributed by atoms with Gasteiger partial charge in [0.15, 0.2) is 10.8 Å². The van der Waals surface area contributed by atoms with Gasteiger partial charge in [0.1, 0.15) is 12.3 Å². The van der Waals surface area contributed by atoms with Gasteiger partial charge in [-0.2, -0.15) is 0 Å². The predicted octanol–water partition coefficient (Wildman–Crippen LogP) is 1.23. The Hall–Kier alpha value is -2.19. The number of carbonyl (C=O) groups is 2. The van der Waals surface area contributed by atoms with Crippen LogP contribution >= 0.6 is 11.3 Å². The molecule has 2 aromatic heterocycles. The first kappa shape index (κ1) is 14.2. The molecule has 0 unspecified atom stereocenters. The highest BCUT2D eigenvalue weighted by molar-refractivity contribution is 7.13. The van der Waals surface area contributed by atoms with Crippen LogP contribution in [0.3, 0.4) is 0 Å². The van der Waals surface area contributed by atoms with E-state index in [4.69, 9.17) is 14.3 Å². The molecule has 0 aliphatic heterocycles. The molecule has 8 heteroatoms. The predicted molar refractivity (Wildman–Crippen MR) is 70.6 cm³/mol. The van der Waals surface area contributed by atoms with Gasteiger partial charge in [0, 0.05) is 11.9 Å². The summed E-state index contributed by atoms with van der Waals surface area (Å²) >= 11 is 1.31. The Kier molecular flexibility index (Phi) is 4.85. The molecule has 0 saturated carbocycles. The first-order valence-electron chi connectivity index (χ1n) is 5.74. The van der Waals surface area contributed by atoms with Crippen LogP contribution < -0.4 is 5.32 Å². The Bertz CT molecular complexity index is 578. The van der Waals surface area contributed by atoms with E-state index in [-0.39, 0.29) is 25.7 Å². The average Bonchev–Trinajstić information content (AvgIpc) is 3.08. The highest BCUT2D eigenvalue weighted by atomic mass is 32.1. The van der Waals surface area contributed by atoms with E-state index in [1.54, 1.807) is 17.5 Å². The normalized spacial score (nSPS) is 10.4. The quantitative estimate of drug-likeness (QED) is 0.745. The van der Waals surface area contributed by atoms with Crippen molar-refractivity contribution in [2.24, 2.45) is 0 Å². The van der Waals surface area contributed by atoms with E-state index < -0.39 is 5.97 Å². The summed E-state index contributed by atoms with van der Waals surface area (Å²) in [5, 5.41) is 13.2. The number of aromatic nitrogens is 1. The molecule has 20 heavy (non-hydrogen) atoms. The summed E-state index contributed by atoms with van der Waals surface area (Å²) < 4.78 is 9.99. The van der Waals surface area contributed by atoms with Crippen LogP contribution in [0.2, 0.25) is 0 Å². The van der Waals surface area contributed by atoms with Crippen LogP contribution in [0.1, 0.15) is 10.5 Å². The number of hydrogen-bond acceptors (Lipinski definition) is 6. The summed E-state index contributed by atoms with van der Waals surface area (Å²) in [6, 6.07) is 3.51. The van der Waals surface area contributed by atoms with Gasteiger partial charge < -0.3 is 19.6 Å². The second kappa shape index (κ2) is 6.83. The van der Waals surface area contributed by atoms with E-state index in [0.717, 1.165) is 0 Å². The van der Waals surface area contributed by atoms with Crippen molar-refractivity contribution in [2.75, 3.05) is 19.8 Å². The SMILES string of the molecule is O=C(O)COCCNC(=O)c1csc(-c2ccco2)n1. The third-order valence-corrected chi connectivity index (χ3v) is 3.08. The lowest BCUT2D eigenvalue weighted by Gasteiger charge is -2.02. The van der Waals surface area contributed by atoms with Crippen LogP contribution in [0.5, 0.6) is 0 Å². The molecule has 1 amide bonds.